The normalized spacial score (nSPS) is 17.7. The summed E-state index contributed by atoms with van der Waals surface area (Å²) >= 11 is 0. The number of likely N-dealkylation sites (tertiary alicyclic amines) is 1. The number of hydrogen-bond acceptors (Lipinski definition) is 2. The number of nitrogens with two attached hydrogens (primary N) is 1. The Balaban J connectivity index is 1.75. The van der Waals surface area contributed by atoms with E-state index < -0.39 is 0 Å². The average Bonchev–Trinajstić information content (AvgIpc) is 2.54. The summed E-state index contributed by atoms with van der Waals surface area (Å²) in [5.41, 5.74) is 7.35. The number of rotatable bonds is 6. The van der Waals surface area contributed by atoms with Crippen LogP contribution in [-0.4, -0.2) is 29.9 Å². The Morgan fingerprint density at radius 2 is 1.95 bits per heavy atom. The van der Waals surface area contributed by atoms with E-state index in [1.54, 1.807) is 0 Å². The number of carbonyl (C=O) groups is 1. The second-order valence-electron chi connectivity index (χ2n) is 6.19. The van der Waals surface area contributed by atoms with Gasteiger partial charge in [-0.15, -0.1) is 0 Å². The first kappa shape index (κ1) is 16.0. The molecule has 1 aromatic carbocycles. The van der Waals surface area contributed by atoms with Crippen molar-refractivity contribution < 1.29 is 4.79 Å². The van der Waals surface area contributed by atoms with E-state index in [1.807, 2.05) is 23.1 Å². The van der Waals surface area contributed by atoms with Crippen molar-refractivity contribution in [2.24, 2.45) is 11.7 Å². The van der Waals surface area contributed by atoms with Crippen LogP contribution in [0.4, 0.5) is 0 Å². The molecule has 0 aromatic heterocycles. The fourth-order valence-corrected chi connectivity index (χ4v) is 3.18. The predicted molar refractivity (Wildman–Crippen MR) is 87.0 cm³/mol. The number of hydrogen-bond donors (Lipinski definition) is 1. The molecule has 3 nitrogen and oxygen atoms in total. The molecular weight excluding hydrogens is 260 g/mol. The standard InChI is InChI=1S/C18H28N2O/c1-2-6-15-11-13-20(14-12-15)18(21)17(19)10-9-16-7-4-3-5-8-16/h3-5,7-8,15,17H,2,6,9-14,19H2,1H3. The van der Waals surface area contributed by atoms with Crippen LogP contribution in [0.5, 0.6) is 0 Å². The molecule has 2 N–H and O–H groups in total. The van der Waals surface area contributed by atoms with Crippen LogP contribution < -0.4 is 5.73 Å². The molecule has 1 aliphatic rings. The molecule has 1 atom stereocenters. The van der Waals surface area contributed by atoms with Crippen molar-refractivity contribution in [3.63, 3.8) is 0 Å². The Kier molecular flexibility index (Phi) is 6.24. The van der Waals surface area contributed by atoms with E-state index in [2.05, 4.69) is 19.1 Å². The van der Waals surface area contributed by atoms with Crippen LogP contribution in [0.15, 0.2) is 30.3 Å². The van der Waals surface area contributed by atoms with Crippen LogP contribution >= 0.6 is 0 Å². The maximum Gasteiger partial charge on any atom is 0.239 e. The lowest BCUT2D eigenvalue weighted by Crippen LogP contribution is -2.47. The molecule has 1 amide bonds. The zero-order chi connectivity index (χ0) is 15.1. The first-order valence-electron chi connectivity index (χ1n) is 8.29. The van der Waals surface area contributed by atoms with Gasteiger partial charge in [0.15, 0.2) is 0 Å². The lowest BCUT2D eigenvalue weighted by atomic mass is 9.92. The van der Waals surface area contributed by atoms with Gasteiger partial charge in [0, 0.05) is 13.1 Å². The van der Waals surface area contributed by atoms with Crippen molar-refractivity contribution in [2.75, 3.05) is 13.1 Å². The molecule has 0 bridgehead atoms. The third-order valence-electron chi connectivity index (χ3n) is 4.53. The first-order chi connectivity index (χ1) is 10.2. The van der Waals surface area contributed by atoms with E-state index in [-0.39, 0.29) is 11.9 Å². The second-order valence-corrected chi connectivity index (χ2v) is 6.19. The number of piperidine rings is 1. The van der Waals surface area contributed by atoms with Crippen molar-refractivity contribution in [3.8, 4) is 0 Å². The number of nitrogens with zero attached hydrogens (tertiary/aromatic N) is 1. The van der Waals surface area contributed by atoms with E-state index >= 15 is 0 Å². The van der Waals surface area contributed by atoms with Crippen molar-refractivity contribution in [1.82, 2.24) is 4.90 Å². The molecular formula is C18H28N2O. The van der Waals surface area contributed by atoms with Gasteiger partial charge in [-0.25, -0.2) is 0 Å². The van der Waals surface area contributed by atoms with E-state index in [4.69, 9.17) is 5.73 Å². The molecule has 1 saturated heterocycles. The van der Waals surface area contributed by atoms with E-state index in [9.17, 15) is 4.79 Å². The monoisotopic (exact) mass is 288 g/mol. The van der Waals surface area contributed by atoms with Gasteiger partial charge in [0.25, 0.3) is 0 Å². The van der Waals surface area contributed by atoms with Crippen LogP contribution in [0.25, 0.3) is 0 Å². The largest absolute Gasteiger partial charge is 0.341 e. The molecule has 2 rings (SSSR count). The number of aryl methyl sites for hydroxylation is 1. The molecule has 1 heterocycles. The third kappa shape index (κ3) is 4.85. The first-order valence-corrected chi connectivity index (χ1v) is 8.29. The SMILES string of the molecule is CCCC1CCN(C(=O)C(N)CCc2ccccc2)CC1. The van der Waals surface area contributed by atoms with Gasteiger partial charge in [-0.2, -0.15) is 0 Å². The molecule has 1 fully saturated rings. The minimum atomic E-state index is -0.354. The van der Waals surface area contributed by atoms with Crippen LogP contribution in [0.2, 0.25) is 0 Å². The maximum absolute atomic E-state index is 12.4. The van der Waals surface area contributed by atoms with Gasteiger partial charge in [0.2, 0.25) is 5.91 Å². The smallest absolute Gasteiger partial charge is 0.239 e. The van der Waals surface area contributed by atoms with E-state index in [0.717, 1.165) is 44.7 Å². The third-order valence-corrected chi connectivity index (χ3v) is 4.53. The molecule has 0 spiro atoms. The molecule has 3 heteroatoms. The van der Waals surface area contributed by atoms with Gasteiger partial charge < -0.3 is 10.6 Å². The Hall–Kier alpha value is -1.35. The van der Waals surface area contributed by atoms with Crippen LogP contribution in [0.3, 0.4) is 0 Å². The molecule has 0 radical (unpaired) electrons. The van der Waals surface area contributed by atoms with Gasteiger partial charge >= 0.3 is 0 Å². The zero-order valence-corrected chi connectivity index (χ0v) is 13.1. The summed E-state index contributed by atoms with van der Waals surface area (Å²) in [5, 5.41) is 0. The molecule has 0 aliphatic carbocycles. The highest BCUT2D eigenvalue weighted by molar-refractivity contribution is 5.81. The minimum absolute atomic E-state index is 0.140. The molecule has 0 saturated carbocycles. The molecule has 21 heavy (non-hydrogen) atoms. The Morgan fingerprint density at radius 1 is 1.29 bits per heavy atom. The zero-order valence-electron chi connectivity index (χ0n) is 13.1. The summed E-state index contributed by atoms with van der Waals surface area (Å²) in [6, 6.07) is 9.89. The van der Waals surface area contributed by atoms with Gasteiger partial charge in [-0.3, -0.25) is 4.79 Å². The fourth-order valence-electron chi connectivity index (χ4n) is 3.18. The lowest BCUT2D eigenvalue weighted by molar-refractivity contribution is -0.134. The molecule has 1 aromatic rings. The summed E-state index contributed by atoms with van der Waals surface area (Å²) in [4.78, 5) is 14.4. The number of benzene rings is 1. The van der Waals surface area contributed by atoms with Crippen molar-refractivity contribution in [3.05, 3.63) is 35.9 Å². The number of carbonyl (C=O) groups excluding carboxylic acids is 1. The molecule has 116 valence electrons. The quantitative estimate of drug-likeness (QED) is 0.874. The topological polar surface area (TPSA) is 46.3 Å². The van der Waals surface area contributed by atoms with Crippen LogP contribution in [-0.2, 0) is 11.2 Å². The number of amides is 1. The highest BCUT2D eigenvalue weighted by Gasteiger charge is 2.25. The highest BCUT2D eigenvalue weighted by Crippen LogP contribution is 2.22. The molecule has 1 unspecified atom stereocenters. The second kappa shape index (κ2) is 8.18. The van der Waals surface area contributed by atoms with E-state index in [0.29, 0.717) is 0 Å². The summed E-state index contributed by atoms with van der Waals surface area (Å²) in [7, 11) is 0. The summed E-state index contributed by atoms with van der Waals surface area (Å²) in [6.45, 7) is 4.02. The average molecular weight is 288 g/mol. The highest BCUT2D eigenvalue weighted by atomic mass is 16.2. The maximum atomic E-state index is 12.4. The molecule has 1 aliphatic heterocycles. The summed E-state index contributed by atoms with van der Waals surface area (Å²) in [5.74, 6) is 0.945. The van der Waals surface area contributed by atoms with Gasteiger partial charge in [0.1, 0.15) is 0 Å². The fraction of sp³-hybridized carbons (Fsp3) is 0.611. The Morgan fingerprint density at radius 3 is 2.57 bits per heavy atom. The minimum Gasteiger partial charge on any atom is -0.341 e. The Labute approximate surface area is 128 Å². The van der Waals surface area contributed by atoms with Gasteiger partial charge in [-0.1, -0.05) is 50.1 Å². The van der Waals surface area contributed by atoms with Crippen molar-refractivity contribution >= 4 is 5.91 Å². The van der Waals surface area contributed by atoms with Crippen molar-refractivity contribution in [1.29, 1.82) is 0 Å². The van der Waals surface area contributed by atoms with E-state index in [1.165, 1.54) is 18.4 Å². The summed E-state index contributed by atoms with van der Waals surface area (Å²) in [6.07, 6.45) is 6.44. The lowest BCUT2D eigenvalue weighted by Gasteiger charge is -2.33. The van der Waals surface area contributed by atoms with Gasteiger partial charge in [0.05, 0.1) is 6.04 Å². The van der Waals surface area contributed by atoms with Crippen LogP contribution in [0, 0.1) is 5.92 Å². The summed E-state index contributed by atoms with van der Waals surface area (Å²) < 4.78 is 0. The van der Waals surface area contributed by atoms with Gasteiger partial charge in [-0.05, 0) is 37.2 Å². The Bertz CT molecular complexity index is 424. The van der Waals surface area contributed by atoms with Crippen LogP contribution in [0.1, 0.15) is 44.6 Å². The predicted octanol–water partition coefficient (Wildman–Crippen LogP) is 2.99. The van der Waals surface area contributed by atoms with Crippen molar-refractivity contribution in [2.45, 2.75) is 51.5 Å².